The van der Waals surface area contributed by atoms with Crippen LogP contribution in [0.2, 0.25) is 0 Å². The highest BCUT2D eigenvalue weighted by molar-refractivity contribution is 5.93. The zero-order valence-corrected chi connectivity index (χ0v) is 15.8. The normalized spacial score (nSPS) is 17.1. The van der Waals surface area contributed by atoms with Crippen molar-refractivity contribution in [3.05, 3.63) is 30.0 Å². The standard InChI is InChI=1S/C18H24N8O/c1-18(2,3)26-17-13(9-24-26)16(21-10-22-17)20-7-11-4-5-25-14(6-11)12(8-23-25)15(19)27/h8-11H,4-7H2,1-3H3,(H2,19,27)(H,20,21,22)/t11-/m1/s1. The van der Waals surface area contributed by atoms with E-state index in [9.17, 15) is 4.79 Å². The molecule has 9 nitrogen and oxygen atoms in total. The number of hydrogen-bond donors (Lipinski definition) is 2. The molecule has 0 spiro atoms. The molecule has 4 heterocycles. The van der Waals surface area contributed by atoms with Gasteiger partial charge in [0, 0.05) is 13.1 Å². The molecule has 3 aromatic rings. The van der Waals surface area contributed by atoms with Gasteiger partial charge in [0.05, 0.1) is 34.6 Å². The highest BCUT2D eigenvalue weighted by atomic mass is 16.1. The predicted octanol–water partition coefficient (Wildman–Crippen LogP) is 1.55. The first kappa shape index (κ1) is 17.4. The van der Waals surface area contributed by atoms with Gasteiger partial charge in [0.25, 0.3) is 5.91 Å². The molecule has 0 aliphatic carbocycles. The summed E-state index contributed by atoms with van der Waals surface area (Å²) in [4.78, 5) is 20.4. The Morgan fingerprint density at radius 3 is 2.85 bits per heavy atom. The van der Waals surface area contributed by atoms with Crippen LogP contribution < -0.4 is 11.1 Å². The average Bonchev–Trinajstić information content (AvgIpc) is 3.23. The quantitative estimate of drug-likeness (QED) is 0.722. The first-order valence-corrected chi connectivity index (χ1v) is 9.12. The molecule has 0 unspecified atom stereocenters. The van der Waals surface area contributed by atoms with Crippen molar-refractivity contribution in [2.24, 2.45) is 11.7 Å². The average molecular weight is 368 g/mol. The van der Waals surface area contributed by atoms with Gasteiger partial charge in [0.15, 0.2) is 5.65 Å². The molecule has 27 heavy (non-hydrogen) atoms. The summed E-state index contributed by atoms with van der Waals surface area (Å²) in [5, 5.41) is 13.1. The van der Waals surface area contributed by atoms with Crippen molar-refractivity contribution in [2.75, 3.05) is 11.9 Å². The van der Waals surface area contributed by atoms with Crippen molar-refractivity contribution in [3.8, 4) is 0 Å². The Labute approximate surface area is 157 Å². The lowest BCUT2D eigenvalue weighted by Gasteiger charge is -2.24. The lowest BCUT2D eigenvalue weighted by Crippen LogP contribution is -2.27. The van der Waals surface area contributed by atoms with Crippen LogP contribution in [0.3, 0.4) is 0 Å². The zero-order valence-electron chi connectivity index (χ0n) is 15.8. The maximum atomic E-state index is 11.6. The third kappa shape index (κ3) is 3.13. The van der Waals surface area contributed by atoms with E-state index in [2.05, 4.69) is 46.3 Å². The molecule has 1 aliphatic rings. The van der Waals surface area contributed by atoms with E-state index in [4.69, 9.17) is 5.73 Å². The van der Waals surface area contributed by atoms with Crippen molar-refractivity contribution in [3.63, 3.8) is 0 Å². The van der Waals surface area contributed by atoms with Crippen LogP contribution in [-0.2, 0) is 18.5 Å². The maximum absolute atomic E-state index is 11.6. The number of rotatable bonds is 4. The minimum absolute atomic E-state index is 0.152. The van der Waals surface area contributed by atoms with E-state index < -0.39 is 5.91 Å². The molecular weight excluding hydrogens is 344 g/mol. The number of nitrogens with two attached hydrogens (primary N) is 1. The Morgan fingerprint density at radius 1 is 1.30 bits per heavy atom. The van der Waals surface area contributed by atoms with Crippen LogP contribution >= 0.6 is 0 Å². The molecular formula is C18H24N8O. The van der Waals surface area contributed by atoms with E-state index in [1.54, 1.807) is 12.5 Å². The molecule has 1 aliphatic heterocycles. The summed E-state index contributed by atoms with van der Waals surface area (Å²) < 4.78 is 3.79. The van der Waals surface area contributed by atoms with Gasteiger partial charge in [-0.1, -0.05) is 0 Å². The Hall–Kier alpha value is -2.97. The molecule has 1 atom stereocenters. The number of amides is 1. The number of aryl methyl sites for hydroxylation is 1. The molecule has 9 heteroatoms. The van der Waals surface area contributed by atoms with E-state index in [1.807, 2.05) is 15.6 Å². The Balaban J connectivity index is 1.52. The zero-order chi connectivity index (χ0) is 19.2. The summed E-state index contributed by atoms with van der Waals surface area (Å²) in [6, 6.07) is 0. The number of anilines is 1. The summed E-state index contributed by atoms with van der Waals surface area (Å²) in [6.07, 6.45) is 6.69. The van der Waals surface area contributed by atoms with E-state index >= 15 is 0 Å². The molecule has 0 aromatic carbocycles. The SMILES string of the molecule is CC(C)(C)n1ncc2c(NC[C@@H]3CCn4ncc(C(N)=O)c4C3)ncnc21. The highest BCUT2D eigenvalue weighted by Gasteiger charge is 2.25. The Kier molecular flexibility index (Phi) is 4.09. The largest absolute Gasteiger partial charge is 0.369 e. The van der Waals surface area contributed by atoms with Crippen molar-refractivity contribution >= 4 is 22.8 Å². The van der Waals surface area contributed by atoms with E-state index in [1.165, 1.54) is 0 Å². The van der Waals surface area contributed by atoms with Crippen molar-refractivity contribution in [1.29, 1.82) is 0 Å². The molecule has 0 saturated carbocycles. The van der Waals surface area contributed by atoms with E-state index in [0.29, 0.717) is 11.5 Å². The van der Waals surface area contributed by atoms with Gasteiger partial charge < -0.3 is 11.1 Å². The molecule has 0 saturated heterocycles. The molecule has 0 fully saturated rings. The minimum Gasteiger partial charge on any atom is -0.369 e. The highest BCUT2D eigenvalue weighted by Crippen LogP contribution is 2.26. The monoisotopic (exact) mass is 368 g/mol. The molecule has 4 rings (SSSR count). The van der Waals surface area contributed by atoms with Crippen LogP contribution in [0.5, 0.6) is 0 Å². The van der Waals surface area contributed by atoms with Gasteiger partial charge in [-0.25, -0.2) is 14.6 Å². The second-order valence-electron chi connectivity index (χ2n) is 8.02. The van der Waals surface area contributed by atoms with Crippen LogP contribution in [0, 0.1) is 5.92 Å². The molecule has 0 bridgehead atoms. The van der Waals surface area contributed by atoms with Crippen molar-refractivity contribution < 1.29 is 4.79 Å². The summed E-state index contributed by atoms with van der Waals surface area (Å²) in [5.41, 5.74) is 7.57. The number of primary amides is 1. The summed E-state index contributed by atoms with van der Waals surface area (Å²) in [6.45, 7) is 7.81. The fourth-order valence-electron chi connectivity index (χ4n) is 3.60. The number of carbonyl (C=O) groups is 1. The van der Waals surface area contributed by atoms with Gasteiger partial charge in [-0.3, -0.25) is 9.48 Å². The molecule has 3 aromatic heterocycles. The van der Waals surface area contributed by atoms with Crippen LogP contribution in [0.4, 0.5) is 5.82 Å². The number of hydrogen-bond acceptors (Lipinski definition) is 6. The van der Waals surface area contributed by atoms with Gasteiger partial charge in [0.1, 0.15) is 12.1 Å². The van der Waals surface area contributed by atoms with E-state index in [0.717, 1.165) is 48.5 Å². The summed E-state index contributed by atoms with van der Waals surface area (Å²) in [7, 11) is 0. The van der Waals surface area contributed by atoms with Crippen molar-refractivity contribution in [1.82, 2.24) is 29.5 Å². The Morgan fingerprint density at radius 2 is 2.11 bits per heavy atom. The minimum atomic E-state index is -0.419. The van der Waals surface area contributed by atoms with Crippen LogP contribution in [0.1, 0.15) is 43.2 Å². The summed E-state index contributed by atoms with van der Waals surface area (Å²) in [5.74, 6) is 0.733. The number of nitrogens with one attached hydrogen (secondary N) is 1. The third-order valence-corrected chi connectivity index (χ3v) is 5.00. The fourth-order valence-corrected chi connectivity index (χ4v) is 3.60. The van der Waals surface area contributed by atoms with Crippen molar-refractivity contribution in [2.45, 2.75) is 45.7 Å². The van der Waals surface area contributed by atoms with Crippen LogP contribution in [0.25, 0.3) is 11.0 Å². The number of fused-ring (bicyclic) bond motifs is 2. The van der Waals surface area contributed by atoms with Gasteiger partial charge in [-0.05, 0) is 39.5 Å². The van der Waals surface area contributed by atoms with Gasteiger partial charge in [-0.15, -0.1) is 0 Å². The molecule has 142 valence electrons. The van der Waals surface area contributed by atoms with Gasteiger partial charge >= 0.3 is 0 Å². The Bertz CT molecular complexity index is 997. The molecule has 3 N–H and O–H groups in total. The number of carbonyl (C=O) groups excluding carboxylic acids is 1. The molecule has 1 amide bonds. The molecule has 0 radical (unpaired) electrons. The second-order valence-corrected chi connectivity index (χ2v) is 8.02. The van der Waals surface area contributed by atoms with Crippen LogP contribution in [-0.4, -0.2) is 42.0 Å². The first-order valence-electron chi connectivity index (χ1n) is 9.12. The van der Waals surface area contributed by atoms with Gasteiger partial charge in [-0.2, -0.15) is 10.2 Å². The maximum Gasteiger partial charge on any atom is 0.252 e. The third-order valence-electron chi connectivity index (χ3n) is 5.00. The summed E-state index contributed by atoms with van der Waals surface area (Å²) >= 11 is 0. The van der Waals surface area contributed by atoms with E-state index in [-0.39, 0.29) is 5.54 Å². The van der Waals surface area contributed by atoms with Gasteiger partial charge in [0.2, 0.25) is 0 Å². The topological polar surface area (TPSA) is 117 Å². The fraction of sp³-hybridized carbons (Fsp3) is 0.500. The second kappa shape index (κ2) is 6.33. The first-order chi connectivity index (χ1) is 12.8. The smallest absolute Gasteiger partial charge is 0.252 e. The van der Waals surface area contributed by atoms with Crippen LogP contribution in [0.15, 0.2) is 18.7 Å². The predicted molar refractivity (Wildman–Crippen MR) is 101 cm³/mol. The number of aromatic nitrogens is 6. The lowest BCUT2D eigenvalue weighted by molar-refractivity contribution is 0.0998. The lowest BCUT2D eigenvalue weighted by atomic mass is 9.94. The number of nitrogens with zero attached hydrogens (tertiary/aromatic N) is 6.